The Morgan fingerprint density at radius 3 is 1.08 bits per heavy atom. The van der Waals surface area contributed by atoms with E-state index >= 15 is 0 Å². The summed E-state index contributed by atoms with van der Waals surface area (Å²) in [6.45, 7) is 6.47. The van der Waals surface area contributed by atoms with Crippen LogP contribution in [0.4, 0.5) is 0 Å². The zero-order valence-corrected chi connectivity index (χ0v) is 29.6. The van der Waals surface area contributed by atoms with Gasteiger partial charge in [-0.2, -0.15) is 0 Å². The first-order valence-corrected chi connectivity index (χ1v) is 16.1. The predicted octanol–water partition coefficient (Wildman–Crippen LogP) is 2.77. The zero-order valence-electron chi connectivity index (χ0n) is 29.0. The smallest absolute Gasteiger partial charge is 0.485 e. The third-order valence-electron chi connectivity index (χ3n) is 6.44. The standard InChI is InChI=1S/C15H18O8S.C12H14O8S.C3H6O.CH4/c1-15(2)22-7-5-20-9-10(21-6-8(7)23-15)12(14(17)19-4)24-11(9)13(16)18-3;1-17-11(15)9-7-8(10(21-9)12(16)18-2)20-4-6(14)5(13)3-19-7;1-3(2)4;/h7-8H,5-6H2,1-4H3;5-6,13-14H,3-4H2,1-2H3;1-2H3;1H4/p+1. The summed E-state index contributed by atoms with van der Waals surface area (Å²) < 4.78 is 52.4. The van der Waals surface area contributed by atoms with E-state index in [0.717, 1.165) is 22.7 Å². The average molecular weight is 752 g/mol. The van der Waals surface area contributed by atoms with Crippen LogP contribution in [-0.2, 0) is 33.2 Å². The summed E-state index contributed by atoms with van der Waals surface area (Å²) in [4.78, 5) is 57.2. The van der Waals surface area contributed by atoms with Crippen molar-refractivity contribution in [1.29, 1.82) is 0 Å². The van der Waals surface area contributed by atoms with Gasteiger partial charge in [0.25, 0.3) is 0 Å². The molecule has 19 heteroatoms. The molecule has 2 aromatic heterocycles. The van der Waals surface area contributed by atoms with Gasteiger partial charge in [0.05, 0.1) is 28.4 Å². The van der Waals surface area contributed by atoms with E-state index in [1.165, 1.54) is 42.3 Å². The summed E-state index contributed by atoms with van der Waals surface area (Å²) in [6, 6.07) is 0. The lowest BCUT2D eigenvalue weighted by atomic mass is 10.2. The molecule has 0 radical (unpaired) electrons. The molecule has 280 valence electrons. The van der Waals surface area contributed by atoms with Crippen LogP contribution in [-0.4, -0.2) is 125 Å². The third-order valence-corrected chi connectivity index (χ3v) is 8.66. The molecular weight excluding hydrogens is 708 g/mol. The van der Waals surface area contributed by atoms with Gasteiger partial charge in [0, 0.05) is 0 Å². The van der Waals surface area contributed by atoms with Crippen molar-refractivity contribution in [2.45, 2.75) is 65.3 Å². The van der Waals surface area contributed by atoms with E-state index in [1.54, 1.807) is 13.8 Å². The highest BCUT2D eigenvalue weighted by Gasteiger charge is 2.44. The summed E-state index contributed by atoms with van der Waals surface area (Å²) in [6.07, 6.45) is -3.05. The lowest BCUT2D eigenvalue weighted by molar-refractivity contribution is -0.149. The maximum atomic E-state index is 12.0. The average Bonchev–Trinajstić information content (AvgIpc) is 3.70. The van der Waals surface area contributed by atoms with Crippen molar-refractivity contribution < 1.29 is 83.0 Å². The zero-order chi connectivity index (χ0) is 36.6. The van der Waals surface area contributed by atoms with E-state index in [-0.39, 0.29) is 95.8 Å². The van der Waals surface area contributed by atoms with Gasteiger partial charge in [-0.05, 0) is 27.7 Å². The lowest BCUT2D eigenvalue weighted by Gasteiger charge is -2.22. The Kier molecular flexibility index (Phi) is 15.4. The van der Waals surface area contributed by atoms with Crippen molar-refractivity contribution >= 4 is 52.3 Å². The quantitative estimate of drug-likeness (QED) is 0.339. The molecule has 0 amide bonds. The summed E-state index contributed by atoms with van der Waals surface area (Å²) in [5, 5.41) is 19.2. The van der Waals surface area contributed by atoms with Crippen LogP contribution in [0.5, 0.6) is 23.0 Å². The fraction of sp³-hybridized carbons (Fsp3) is 0.581. The minimum atomic E-state index is -1.18. The van der Waals surface area contributed by atoms with Gasteiger partial charge in [-0.25, -0.2) is 19.2 Å². The van der Waals surface area contributed by atoms with Crippen molar-refractivity contribution in [2.75, 3.05) is 54.9 Å². The Labute approximate surface area is 297 Å². The van der Waals surface area contributed by atoms with Gasteiger partial charge in [-0.15, -0.1) is 22.7 Å². The topological polar surface area (TPSA) is 218 Å². The fourth-order valence-corrected chi connectivity index (χ4v) is 6.37. The first kappa shape index (κ1) is 42.2. The number of carbonyl (C=O) groups excluding carboxylic acids is 5. The van der Waals surface area contributed by atoms with Crippen LogP contribution in [0.25, 0.3) is 0 Å². The minimum absolute atomic E-state index is 0. The number of thiophene rings is 2. The van der Waals surface area contributed by atoms with Crippen molar-refractivity contribution in [2.24, 2.45) is 0 Å². The van der Waals surface area contributed by atoms with Gasteiger partial charge in [0.1, 0.15) is 56.6 Å². The number of ether oxygens (including phenoxy) is 10. The van der Waals surface area contributed by atoms with E-state index < -0.39 is 41.9 Å². The van der Waals surface area contributed by atoms with E-state index in [9.17, 15) is 34.2 Å². The number of ketones is 1. The number of hydrogen-bond donors (Lipinski definition) is 2. The van der Waals surface area contributed by atoms with E-state index in [2.05, 4.69) is 9.47 Å². The number of aliphatic hydroxyl groups is 2. The fourth-order valence-electron chi connectivity index (χ4n) is 4.32. The molecule has 1 saturated heterocycles. The lowest BCUT2D eigenvalue weighted by Crippen LogP contribution is -2.37. The van der Waals surface area contributed by atoms with Crippen LogP contribution in [0.1, 0.15) is 75.2 Å². The molecule has 2 N–H and O–H groups in total. The molecule has 50 heavy (non-hydrogen) atoms. The Hall–Kier alpha value is -4.01. The second-order valence-electron chi connectivity index (χ2n) is 10.8. The Morgan fingerprint density at radius 1 is 0.600 bits per heavy atom. The summed E-state index contributed by atoms with van der Waals surface area (Å²) in [5.74, 6) is -2.90. The number of esters is 4. The highest BCUT2D eigenvalue weighted by Crippen LogP contribution is 2.46. The van der Waals surface area contributed by atoms with Crippen molar-refractivity contribution in [1.82, 2.24) is 0 Å². The van der Waals surface area contributed by atoms with E-state index in [4.69, 9.17) is 37.9 Å². The molecule has 0 saturated carbocycles. The highest BCUT2D eigenvalue weighted by atomic mass is 32.1. The SMILES string of the molecule is C.CC(C)=O.COC(=O)c1sc(C(=O)OC)c2c1OCC(O)C(O)CO2.COC(=O)c1sc(C(=O)OC)c2c1OCC1OC(C)(C)OC1CO2.[H+]. The van der Waals surface area contributed by atoms with Crippen LogP contribution < -0.4 is 18.9 Å². The van der Waals surface area contributed by atoms with Crippen LogP contribution in [0.3, 0.4) is 0 Å². The van der Waals surface area contributed by atoms with Crippen LogP contribution >= 0.6 is 22.7 Å². The number of rotatable bonds is 4. The molecule has 3 aliphatic rings. The number of Topliss-reactive ketones (excluding diaryl/α,β-unsaturated/α-hetero) is 1. The summed E-state index contributed by atoms with van der Waals surface area (Å²) >= 11 is 1.71. The first-order valence-electron chi connectivity index (χ1n) is 14.5. The van der Waals surface area contributed by atoms with Gasteiger partial charge in [-0.1, -0.05) is 7.43 Å². The number of aliphatic hydroxyl groups excluding tert-OH is 2. The van der Waals surface area contributed by atoms with Gasteiger partial charge >= 0.3 is 25.3 Å². The van der Waals surface area contributed by atoms with E-state index in [0.29, 0.717) is 0 Å². The van der Waals surface area contributed by atoms with Gasteiger partial charge in [0.15, 0.2) is 48.3 Å². The molecule has 5 heterocycles. The molecule has 0 spiro atoms. The number of carbonyl (C=O) groups is 5. The van der Waals surface area contributed by atoms with Crippen molar-refractivity contribution in [3.63, 3.8) is 0 Å². The molecule has 5 rings (SSSR count). The number of fused-ring (bicyclic) bond motifs is 3. The molecule has 3 aliphatic heterocycles. The Morgan fingerprint density at radius 2 is 0.840 bits per heavy atom. The number of methoxy groups -OCH3 is 4. The van der Waals surface area contributed by atoms with Crippen LogP contribution in [0.15, 0.2) is 0 Å². The number of hydrogen-bond acceptors (Lipinski definition) is 19. The van der Waals surface area contributed by atoms with Crippen molar-refractivity contribution in [3.8, 4) is 23.0 Å². The minimum Gasteiger partial charge on any atom is -0.485 e. The molecule has 4 unspecified atom stereocenters. The van der Waals surface area contributed by atoms with Crippen LogP contribution in [0.2, 0.25) is 0 Å². The second kappa shape index (κ2) is 18.3. The summed E-state index contributed by atoms with van der Waals surface area (Å²) in [7, 11) is 4.88. The third kappa shape index (κ3) is 10.0. The molecule has 0 bridgehead atoms. The molecule has 17 nitrogen and oxygen atoms in total. The van der Waals surface area contributed by atoms with Gasteiger partial charge in [-0.3, -0.25) is 0 Å². The molecule has 0 aliphatic carbocycles. The Balaban J connectivity index is 0.000000449. The first-order chi connectivity index (χ1) is 23.1. The molecule has 2 aromatic rings. The maximum absolute atomic E-state index is 12.0. The molecule has 4 atom stereocenters. The Bertz CT molecular complexity index is 1430. The summed E-state index contributed by atoms with van der Waals surface area (Å²) in [5.41, 5.74) is 0. The monoisotopic (exact) mass is 751 g/mol. The van der Waals surface area contributed by atoms with E-state index in [1.807, 2.05) is 0 Å². The highest BCUT2D eigenvalue weighted by molar-refractivity contribution is 7.17. The normalized spacial score (nSPS) is 21.2. The van der Waals surface area contributed by atoms with Gasteiger partial charge in [0.2, 0.25) is 0 Å². The predicted molar refractivity (Wildman–Crippen MR) is 176 cm³/mol. The largest absolute Gasteiger partial charge is 1.00 e. The van der Waals surface area contributed by atoms with Crippen molar-refractivity contribution in [3.05, 3.63) is 19.5 Å². The van der Waals surface area contributed by atoms with Crippen LogP contribution in [0, 0.1) is 0 Å². The maximum Gasteiger partial charge on any atom is 1.00 e. The second-order valence-corrected chi connectivity index (χ2v) is 12.8. The molecular formula is C31H43O17S2+. The molecule has 1 fully saturated rings. The van der Waals surface area contributed by atoms with Gasteiger partial charge < -0.3 is 62.4 Å². The molecule has 0 aromatic carbocycles.